The van der Waals surface area contributed by atoms with Crippen LogP contribution in [-0.4, -0.2) is 32.2 Å². The molecule has 4 heteroatoms. The standard InChI is InChI=1S/C5H8ClO3/c6-1-2-8-3-4-9-5-7/h1-4H2. The molecule has 0 aromatic heterocycles. The second-order valence-electron chi connectivity index (χ2n) is 1.23. The van der Waals surface area contributed by atoms with Gasteiger partial charge in [-0.3, -0.25) is 0 Å². The van der Waals surface area contributed by atoms with Crippen molar-refractivity contribution in [2.45, 2.75) is 0 Å². The molecule has 0 saturated carbocycles. The van der Waals surface area contributed by atoms with E-state index >= 15 is 0 Å². The number of ether oxygens (including phenoxy) is 2. The third-order valence-electron chi connectivity index (χ3n) is 0.610. The molecule has 0 aromatic rings. The van der Waals surface area contributed by atoms with Crippen molar-refractivity contribution < 1.29 is 14.3 Å². The van der Waals surface area contributed by atoms with Gasteiger partial charge in [0, 0.05) is 5.88 Å². The molecule has 0 fully saturated rings. The Hall–Kier alpha value is -0.280. The monoisotopic (exact) mass is 151 g/mol. The van der Waals surface area contributed by atoms with Crippen LogP contribution in [0.15, 0.2) is 0 Å². The maximum absolute atomic E-state index is 9.41. The van der Waals surface area contributed by atoms with Crippen molar-refractivity contribution in [3.63, 3.8) is 0 Å². The second kappa shape index (κ2) is 7.72. The average Bonchev–Trinajstić information content (AvgIpc) is 1.89. The minimum Gasteiger partial charge on any atom is -0.455 e. The van der Waals surface area contributed by atoms with E-state index in [1.54, 1.807) is 0 Å². The highest BCUT2D eigenvalue weighted by molar-refractivity contribution is 6.17. The molecule has 0 aliphatic heterocycles. The molecular formula is C5H8ClO3. The van der Waals surface area contributed by atoms with Crippen LogP contribution in [0, 0.1) is 0 Å². The van der Waals surface area contributed by atoms with Crippen LogP contribution in [0.5, 0.6) is 0 Å². The van der Waals surface area contributed by atoms with Crippen LogP contribution >= 0.6 is 11.6 Å². The Labute approximate surface area is 58.9 Å². The van der Waals surface area contributed by atoms with Gasteiger partial charge in [-0.25, -0.2) is 4.79 Å². The van der Waals surface area contributed by atoms with Gasteiger partial charge in [-0.15, -0.1) is 11.6 Å². The molecule has 0 N–H and O–H groups in total. The molecule has 0 bridgehead atoms. The Kier molecular flexibility index (Phi) is 7.48. The van der Waals surface area contributed by atoms with Crippen molar-refractivity contribution >= 4 is 18.1 Å². The molecular weight excluding hydrogens is 144 g/mol. The van der Waals surface area contributed by atoms with Crippen LogP contribution < -0.4 is 0 Å². The maximum atomic E-state index is 9.41. The average molecular weight is 152 g/mol. The lowest BCUT2D eigenvalue weighted by atomic mass is 10.7. The molecule has 0 amide bonds. The number of carbonyl (C=O) groups excluding carboxylic acids is 1. The van der Waals surface area contributed by atoms with Gasteiger partial charge >= 0.3 is 6.47 Å². The highest BCUT2D eigenvalue weighted by atomic mass is 35.5. The number of hydrogen-bond donors (Lipinski definition) is 0. The highest BCUT2D eigenvalue weighted by Crippen LogP contribution is 1.78. The van der Waals surface area contributed by atoms with Crippen LogP contribution in [0.2, 0.25) is 0 Å². The summed E-state index contributed by atoms with van der Waals surface area (Å²) in [6, 6.07) is 0. The smallest absolute Gasteiger partial charge is 0.417 e. The lowest BCUT2D eigenvalue weighted by Gasteiger charge is -1.97. The highest BCUT2D eigenvalue weighted by Gasteiger charge is 1.85. The quantitative estimate of drug-likeness (QED) is 0.405. The van der Waals surface area contributed by atoms with Crippen molar-refractivity contribution in [2.75, 3.05) is 25.7 Å². The van der Waals surface area contributed by atoms with Crippen molar-refractivity contribution in [2.24, 2.45) is 0 Å². The summed E-state index contributed by atoms with van der Waals surface area (Å²) in [6.07, 6.45) is 0. The van der Waals surface area contributed by atoms with Gasteiger partial charge in [-0.05, 0) is 0 Å². The molecule has 0 aromatic carbocycles. The lowest BCUT2D eigenvalue weighted by molar-refractivity contribution is 0.105. The van der Waals surface area contributed by atoms with E-state index in [0.29, 0.717) is 19.1 Å². The van der Waals surface area contributed by atoms with Gasteiger partial charge < -0.3 is 9.47 Å². The fourth-order valence-electron chi connectivity index (χ4n) is 0.299. The number of rotatable bonds is 6. The largest absolute Gasteiger partial charge is 0.455 e. The Morgan fingerprint density at radius 3 is 2.67 bits per heavy atom. The Balaban J connectivity index is 2.66. The number of halogens is 1. The molecule has 0 rings (SSSR count). The van der Waals surface area contributed by atoms with Crippen molar-refractivity contribution in [3.05, 3.63) is 0 Å². The van der Waals surface area contributed by atoms with Crippen LogP contribution in [0.1, 0.15) is 0 Å². The SMILES string of the molecule is O=[C]OCCOCCCl. The molecule has 0 atom stereocenters. The first-order valence-corrected chi connectivity index (χ1v) is 3.08. The molecule has 0 spiro atoms. The van der Waals surface area contributed by atoms with Crippen molar-refractivity contribution in [3.8, 4) is 0 Å². The normalized spacial score (nSPS) is 9.00. The van der Waals surface area contributed by atoms with Gasteiger partial charge in [-0.1, -0.05) is 0 Å². The van der Waals surface area contributed by atoms with Crippen molar-refractivity contribution in [1.29, 1.82) is 0 Å². The second-order valence-corrected chi connectivity index (χ2v) is 1.61. The zero-order valence-electron chi connectivity index (χ0n) is 4.93. The van der Waals surface area contributed by atoms with Crippen LogP contribution in [0.3, 0.4) is 0 Å². The molecule has 3 nitrogen and oxygen atoms in total. The molecule has 0 unspecified atom stereocenters. The Morgan fingerprint density at radius 1 is 1.33 bits per heavy atom. The van der Waals surface area contributed by atoms with E-state index in [1.807, 2.05) is 0 Å². The summed E-state index contributed by atoms with van der Waals surface area (Å²) < 4.78 is 9.06. The molecule has 1 radical (unpaired) electrons. The van der Waals surface area contributed by atoms with E-state index < -0.39 is 0 Å². The number of hydrogen-bond acceptors (Lipinski definition) is 3. The van der Waals surface area contributed by atoms with Gasteiger partial charge in [0.1, 0.15) is 6.61 Å². The van der Waals surface area contributed by atoms with E-state index in [2.05, 4.69) is 4.74 Å². The van der Waals surface area contributed by atoms with E-state index in [4.69, 9.17) is 16.3 Å². The van der Waals surface area contributed by atoms with E-state index in [0.717, 1.165) is 0 Å². The fourth-order valence-corrected chi connectivity index (χ4v) is 0.408. The first-order valence-electron chi connectivity index (χ1n) is 2.54. The summed E-state index contributed by atoms with van der Waals surface area (Å²) in [5.41, 5.74) is 0. The lowest BCUT2D eigenvalue weighted by Crippen LogP contribution is -2.04. The number of alkyl halides is 1. The third-order valence-corrected chi connectivity index (χ3v) is 0.764. The van der Waals surface area contributed by atoms with Crippen LogP contribution in [-0.2, 0) is 14.3 Å². The fraction of sp³-hybridized carbons (Fsp3) is 0.800. The third kappa shape index (κ3) is 7.72. The van der Waals surface area contributed by atoms with Gasteiger partial charge in [0.05, 0.1) is 13.2 Å². The van der Waals surface area contributed by atoms with Crippen molar-refractivity contribution in [1.82, 2.24) is 0 Å². The van der Waals surface area contributed by atoms with Gasteiger partial charge in [0.15, 0.2) is 0 Å². The first kappa shape index (κ1) is 8.72. The molecule has 0 aliphatic rings. The predicted octanol–water partition coefficient (Wildman–Crippen LogP) is 0.326. The summed E-state index contributed by atoms with van der Waals surface area (Å²) in [5.74, 6) is 0.463. The molecule has 0 aliphatic carbocycles. The minimum absolute atomic E-state index is 0.250. The summed E-state index contributed by atoms with van der Waals surface area (Å²) in [5, 5.41) is 0. The summed E-state index contributed by atoms with van der Waals surface area (Å²) in [7, 11) is 0. The Bertz CT molecular complexity index is 67.2. The summed E-state index contributed by atoms with van der Waals surface area (Å²) in [4.78, 5) is 9.41. The van der Waals surface area contributed by atoms with E-state index in [-0.39, 0.29) is 6.61 Å². The van der Waals surface area contributed by atoms with E-state index in [1.165, 1.54) is 6.47 Å². The molecule has 0 saturated heterocycles. The molecule has 0 heterocycles. The maximum Gasteiger partial charge on any atom is 0.417 e. The Morgan fingerprint density at radius 2 is 2.11 bits per heavy atom. The van der Waals surface area contributed by atoms with Gasteiger partial charge in [0.2, 0.25) is 0 Å². The van der Waals surface area contributed by atoms with Gasteiger partial charge in [0.25, 0.3) is 0 Å². The van der Waals surface area contributed by atoms with E-state index in [9.17, 15) is 4.79 Å². The molecule has 53 valence electrons. The first-order chi connectivity index (χ1) is 4.41. The van der Waals surface area contributed by atoms with Crippen LogP contribution in [0.25, 0.3) is 0 Å². The summed E-state index contributed by atoms with van der Waals surface area (Å²) >= 11 is 5.27. The minimum atomic E-state index is 0.250. The summed E-state index contributed by atoms with van der Waals surface area (Å²) in [6.45, 7) is 2.41. The topological polar surface area (TPSA) is 35.5 Å². The zero-order chi connectivity index (χ0) is 6.95. The zero-order valence-corrected chi connectivity index (χ0v) is 5.69. The molecule has 9 heavy (non-hydrogen) atoms. The van der Waals surface area contributed by atoms with Gasteiger partial charge in [-0.2, -0.15) is 0 Å². The predicted molar refractivity (Wildman–Crippen MR) is 33.2 cm³/mol. The van der Waals surface area contributed by atoms with Crippen LogP contribution in [0.4, 0.5) is 0 Å².